The fourth-order valence-corrected chi connectivity index (χ4v) is 2.02. The standard InChI is InChI=1S/C16H23FN2O2/c1-3-8-18-11(2)12-4-7-15(14(17)9-12)21-10-16(20)19-13-5-6-13/h4,7,9,11,13,18H,3,5-6,8,10H2,1-2H3,(H,19,20). The molecule has 1 aromatic carbocycles. The van der Waals surface area contributed by atoms with Crippen LogP contribution in [-0.4, -0.2) is 25.1 Å². The zero-order chi connectivity index (χ0) is 15.2. The lowest BCUT2D eigenvalue weighted by molar-refractivity contribution is -0.123. The van der Waals surface area contributed by atoms with E-state index in [0.717, 1.165) is 31.4 Å². The van der Waals surface area contributed by atoms with Crippen LogP contribution in [0.15, 0.2) is 18.2 Å². The van der Waals surface area contributed by atoms with Crippen LogP contribution in [0.5, 0.6) is 5.75 Å². The van der Waals surface area contributed by atoms with Gasteiger partial charge in [0.1, 0.15) is 0 Å². The highest BCUT2D eigenvalue weighted by Crippen LogP contribution is 2.22. The molecular formula is C16H23FN2O2. The second kappa shape index (κ2) is 7.41. The van der Waals surface area contributed by atoms with Crippen LogP contribution in [-0.2, 0) is 4.79 Å². The highest BCUT2D eigenvalue weighted by molar-refractivity contribution is 5.78. The topological polar surface area (TPSA) is 50.4 Å². The van der Waals surface area contributed by atoms with Gasteiger partial charge in [-0.2, -0.15) is 0 Å². The first-order valence-electron chi connectivity index (χ1n) is 7.55. The van der Waals surface area contributed by atoms with Gasteiger partial charge in [-0.1, -0.05) is 13.0 Å². The molecule has 0 spiro atoms. The molecule has 0 saturated heterocycles. The Morgan fingerprint density at radius 1 is 1.48 bits per heavy atom. The van der Waals surface area contributed by atoms with E-state index in [9.17, 15) is 9.18 Å². The van der Waals surface area contributed by atoms with Gasteiger partial charge in [0.05, 0.1) is 0 Å². The summed E-state index contributed by atoms with van der Waals surface area (Å²) in [7, 11) is 0. The van der Waals surface area contributed by atoms with E-state index in [1.54, 1.807) is 6.07 Å². The van der Waals surface area contributed by atoms with E-state index in [2.05, 4.69) is 17.6 Å². The van der Waals surface area contributed by atoms with E-state index < -0.39 is 5.82 Å². The maximum absolute atomic E-state index is 14.0. The Hall–Kier alpha value is -1.62. The zero-order valence-electron chi connectivity index (χ0n) is 12.6. The Balaban J connectivity index is 1.87. The van der Waals surface area contributed by atoms with E-state index in [0.29, 0.717) is 6.04 Å². The van der Waals surface area contributed by atoms with Crippen molar-refractivity contribution in [1.29, 1.82) is 0 Å². The molecule has 116 valence electrons. The summed E-state index contributed by atoms with van der Waals surface area (Å²) in [5.74, 6) is -0.511. The van der Waals surface area contributed by atoms with E-state index in [4.69, 9.17) is 4.74 Å². The Bertz CT molecular complexity index is 489. The molecule has 1 aliphatic rings. The first-order chi connectivity index (χ1) is 10.1. The summed E-state index contributed by atoms with van der Waals surface area (Å²) in [6, 6.07) is 5.25. The Labute approximate surface area is 125 Å². The number of hydrogen-bond donors (Lipinski definition) is 2. The van der Waals surface area contributed by atoms with Gasteiger partial charge in [0.2, 0.25) is 0 Å². The van der Waals surface area contributed by atoms with Crippen molar-refractivity contribution in [3.63, 3.8) is 0 Å². The molecule has 0 bridgehead atoms. The summed E-state index contributed by atoms with van der Waals surface area (Å²) in [6.07, 6.45) is 3.08. The smallest absolute Gasteiger partial charge is 0.258 e. The normalized spacial score (nSPS) is 15.6. The first-order valence-corrected chi connectivity index (χ1v) is 7.55. The Morgan fingerprint density at radius 2 is 2.24 bits per heavy atom. The van der Waals surface area contributed by atoms with E-state index in [1.165, 1.54) is 6.07 Å². The van der Waals surface area contributed by atoms with Crippen molar-refractivity contribution >= 4 is 5.91 Å². The number of carbonyl (C=O) groups excluding carboxylic acids is 1. The zero-order valence-corrected chi connectivity index (χ0v) is 12.6. The molecule has 2 N–H and O–H groups in total. The lowest BCUT2D eigenvalue weighted by Gasteiger charge is -2.15. The molecule has 1 unspecified atom stereocenters. The van der Waals surface area contributed by atoms with Crippen LogP contribution in [0.4, 0.5) is 4.39 Å². The SMILES string of the molecule is CCCNC(C)c1ccc(OCC(=O)NC2CC2)c(F)c1. The van der Waals surface area contributed by atoms with Crippen LogP contribution in [0, 0.1) is 5.82 Å². The van der Waals surface area contributed by atoms with Crippen LogP contribution in [0.3, 0.4) is 0 Å². The minimum Gasteiger partial charge on any atom is -0.481 e. The highest BCUT2D eigenvalue weighted by Gasteiger charge is 2.23. The third-order valence-electron chi connectivity index (χ3n) is 3.46. The molecule has 1 amide bonds. The summed E-state index contributed by atoms with van der Waals surface area (Å²) in [5.41, 5.74) is 0.871. The fraction of sp³-hybridized carbons (Fsp3) is 0.562. The number of amides is 1. The van der Waals surface area contributed by atoms with E-state index in [1.807, 2.05) is 13.0 Å². The number of rotatable bonds is 8. The number of halogens is 1. The van der Waals surface area contributed by atoms with Gasteiger partial charge in [-0.15, -0.1) is 0 Å². The van der Waals surface area contributed by atoms with Gasteiger partial charge in [-0.05, 0) is 50.4 Å². The molecule has 1 aliphatic carbocycles. The van der Waals surface area contributed by atoms with Crippen molar-refractivity contribution in [2.75, 3.05) is 13.2 Å². The van der Waals surface area contributed by atoms with Crippen molar-refractivity contribution in [3.05, 3.63) is 29.6 Å². The number of nitrogens with one attached hydrogen (secondary N) is 2. The lowest BCUT2D eigenvalue weighted by atomic mass is 10.1. The van der Waals surface area contributed by atoms with Crippen molar-refractivity contribution in [1.82, 2.24) is 10.6 Å². The van der Waals surface area contributed by atoms with Gasteiger partial charge in [-0.25, -0.2) is 4.39 Å². The number of ether oxygens (including phenoxy) is 1. The van der Waals surface area contributed by atoms with E-state index in [-0.39, 0.29) is 24.3 Å². The van der Waals surface area contributed by atoms with Crippen LogP contribution in [0.1, 0.15) is 44.7 Å². The van der Waals surface area contributed by atoms with Gasteiger partial charge in [0.15, 0.2) is 18.2 Å². The lowest BCUT2D eigenvalue weighted by Crippen LogP contribution is -2.30. The first kappa shape index (κ1) is 15.8. The van der Waals surface area contributed by atoms with Crippen molar-refractivity contribution in [2.24, 2.45) is 0 Å². The molecule has 0 radical (unpaired) electrons. The van der Waals surface area contributed by atoms with Crippen LogP contribution < -0.4 is 15.4 Å². The molecule has 1 aromatic rings. The van der Waals surface area contributed by atoms with Gasteiger partial charge >= 0.3 is 0 Å². The monoisotopic (exact) mass is 294 g/mol. The van der Waals surface area contributed by atoms with Gasteiger partial charge in [0.25, 0.3) is 5.91 Å². The van der Waals surface area contributed by atoms with Crippen LogP contribution >= 0.6 is 0 Å². The molecule has 4 nitrogen and oxygen atoms in total. The molecule has 0 aromatic heterocycles. The molecule has 1 saturated carbocycles. The van der Waals surface area contributed by atoms with Gasteiger partial charge in [0, 0.05) is 12.1 Å². The second-order valence-corrected chi connectivity index (χ2v) is 5.50. The average Bonchev–Trinajstić information content (AvgIpc) is 3.27. The van der Waals surface area contributed by atoms with Crippen molar-refractivity contribution < 1.29 is 13.9 Å². The van der Waals surface area contributed by atoms with E-state index >= 15 is 0 Å². The molecule has 2 rings (SSSR count). The summed E-state index contributed by atoms with van der Waals surface area (Å²) in [4.78, 5) is 11.5. The Morgan fingerprint density at radius 3 is 2.86 bits per heavy atom. The average molecular weight is 294 g/mol. The molecule has 1 atom stereocenters. The van der Waals surface area contributed by atoms with Crippen molar-refractivity contribution in [3.8, 4) is 5.75 Å². The summed E-state index contributed by atoms with van der Waals surface area (Å²) in [5, 5.41) is 6.10. The number of carbonyl (C=O) groups is 1. The second-order valence-electron chi connectivity index (χ2n) is 5.50. The maximum atomic E-state index is 14.0. The van der Waals surface area contributed by atoms with Gasteiger partial charge in [-0.3, -0.25) is 4.79 Å². The third-order valence-corrected chi connectivity index (χ3v) is 3.46. The number of hydrogen-bond acceptors (Lipinski definition) is 3. The van der Waals surface area contributed by atoms with Gasteiger partial charge < -0.3 is 15.4 Å². The molecule has 0 heterocycles. The summed E-state index contributed by atoms with van der Waals surface area (Å²) < 4.78 is 19.2. The molecule has 5 heteroatoms. The maximum Gasteiger partial charge on any atom is 0.258 e. The summed E-state index contributed by atoms with van der Waals surface area (Å²) in [6.45, 7) is 4.83. The minimum absolute atomic E-state index is 0.0895. The fourth-order valence-electron chi connectivity index (χ4n) is 2.02. The van der Waals surface area contributed by atoms with Crippen LogP contribution in [0.25, 0.3) is 0 Å². The Kier molecular flexibility index (Phi) is 5.56. The van der Waals surface area contributed by atoms with Crippen LogP contribution in [0.2, 0.25) is 0 Å². The van der Waals surface area contributed by atoms with Crippen molar-refractivity contribution in [2.45, 2.75) is 45.2 Å². The predicted octanol–water partition coefficient (Wildman–Crippen LogP) is 2.54. The summed E-state index contributed by atoms with van der Waals surface area (Å²) >= 11 is 0. The quantitative estimate of drug-likeness (QED) is 0.774. The molecule has 0 aliphatic heterocycles. The molecular weight excluding hydrogens is 271 g/mol. The molecule has 1 fully saturated rings. The third kappa shape index (κ3) is 5.01. The minimum atomic E-state index is -0.433. The largest absolute Gasteiger partial charge is 0.481 e. The number of benzene rings is 1. The highest BCUT2D eigenvalue weighted by atomic mass is 19.1. The molecule has 21 heavy (non-hydrogen) atoms. The predicted molar refractivity (Wildman–Crippen MR) is 79.8 cm³/mol.